The van der Waals surface area contributed by atoms with Gasteiger partial charge in [-0.3, -0.25) is 0 Å². The molecule has 0 aliphatic heterocycles. The Kier molecular flexibility index (Phi) is 13.8. The Morgan fingerprint density at radius 1 is 1.06 bits per heavy atom. The van der Waals surface area contributed by atoms with E-state index in [0.29, 0.717) is 12.1 Å². The van der Waals surface area contributed by atoms with Crippen LogP contribution in [0.15, 0.2) is 65.3 Å². The van der Waals surface area contributed by atoms with Crippen LogP contribution in [0, 0.1) is 0 Å². The van der Waals surface area contributed by atoms with E-state index in [1.54, 1.807) is 5.57 Å². The third kappa shape index (κ3) is 9.77. The Labute approximate surface area is 207 Å². The number of rotatable bonds is 10. The van der Waals surface area contributed by atoms with Crippen LogP contribution in [0.25, 0.3) is 10.1 Å². The van der Waals surface area contributed by atoms with Crippen LogP contribution < -0.4 is 10.6 Å². The van der Waals surface area contributed by atoms with Crippen LogP contribution in [-0.2, 0) is 6.42 Å². The molecule has 2 unspecified atom stereocenters. The molecule has 1 aliphatic rings. The molecule has 3 nitrogen and oxygen atoms in total. The van der Waals surface area contributed by atoms with E-state index in [2.05, 4.69) is 91.9 Å². The second kappa shape index (κ2) is 15.7. The lowest BCUT2D eigenvalue weighted by molar-refractivity contribution is 0.283. The van der Waals surface area contributed by atoms with Gasteiger partial charge < -0.3 is 15.5 Å². The van der Waals surface area contributed by atoms with Crippen LogP contribution in [-0.4, -0.2) is 37.6 Å². The van der Waals surface area contributed by atoms with Gasteiger partial charge in [0.1, 0.15) is 0 Å². The molecule has 184 valence electrons. The molecule has 2 N–H and O–H groups in total. The number of thiophene rings is 1. The summed E-state index contributed by atoms with van der Waals surface area (Å²) in [5.41, 5.74) is 4.45. The molecule has 1 aromatic carbocycles. The Hall–Kier alpha value is -2.04. The minimum Gasteiger partial charge on any atom is -0.371 e. The molecule has 2 aromatic rings. The van der Waals surface area contributed by atoms with Crippen molar-refractivity contribution in [3.63, 3.8) is 0 Å². The number of benzene rings is 1. The van der Waals surface area contributed by atoms with Gasteiger partial charge in [0.2, 0.25) is 0 Å². The Bertz CT molecular complexity index is 891. The fourth-order valence-corrected chi connectivity index (χ4v) is 4.83. The fourth-order valence-electron chi connectivity index (χ4n) is 3.86. The van der Waals surface area contributed by atoms with E-state index >= 15 is 0 Å². The predicted octanol–water partition coefficient (Wildman–Crippen LogP) is 7.52. The molecule has 4 heteroatoms. The van der Waals surface area contributed by atoms with Crippen LogP contribution in [0.4, 0.5) is 0 Å². The summed E-state index contributed by atoms with van der Waals surface area (Å²) in [4.78, 5) is 2.31. The molecular weight excluding hydrogens is 422 g/mol. The number of allylic oxidation sites excluding steroid dienone is 3. The molecule has 1 aromatic heterocycles. The van der Waals surface area contributed by atoms with Gasteiger partial charge in [0.05, 0.1) is 5.82 Å². The summed E-state index contributed by atoms with van der Waals surface area (Å²) in [6.07, 6.45) is 9.08. The molecule has 0 saturated heterocycles. The molecule has 1 aliphatic carbocycles. The minimum atomic E-state index is 0.333. The molecule has 0 saturated carbocycles. The maximum atomic E-state index is 4.21. The van der Waals surface area contributed by atoms with Gasteiger partial charge in [-0.2, -0.15) is 0 Å². The highest BCUT2D eigenvalue weighted by molar-refractivity contribution is 7.17. The van der Waals surface area contributed by atoms with E-state index in [1.807, 2.05) is 39.0 Å². The largest absolute Gasteiger partial charge is 0.371 e. The van der Waals surface area contributed by atoms with Crippen LogP contribution in [0.1, 0.15) is 66.4 Å². The summed E-state index contributed by atoms with van der Waals surface area (Å²) in [5.74, 6) is 0.914. The topological polar surface area (TPSA) is 27.3 Å². The van der Waals surface area contributed by atoms with Crippen molar-refractivity contribution in [3.05, 3.63) is 70.9 Å². The highest BCUT2D eigenvalue weighted by Crippen LogP contribution is 2.26. The molecule has 3 rings (SSSR count). The van der Waals surface area contributed by atoms with E-state index in [4.69, 9.17) is 0 Å². The number of hydrogen-bond acceptors (Lipinski definition) is 4. The summed E-state index contributed by atoms with van der Waals surface area (Å²) in [7, 11) is 4.33. The average molecular weight is 470 g/mol. The van der Waals surface area contributed by atoms with Crippen molar-refractivity contribution in [2.75, 3.05) is 20.6 Å². The monoisotopic (exact) mass is 469 g/mol. The smallest absolute Gasteiger partial charge is 0.0915 e. The van der Waals surface area contributed by atoms with Crippen molar-refractivity contribution in [3.8, 4) is 0 Å². The highest BCUT2D eigenvalue weighted by atomic mass is 32.1. The zero-order valence-electron chi connectivity index (χ0n) is 22.3. The summed E-state index contributed by atoms with van der Waals surface area (Å²) >= 11 is 1.83. The number of fused-ring (bicyclic) bond motifs is 1. The van der Waals surface area contributed by atoms with Gasteiger partial charge in [0.25, 0.3) is 0 Å². The van der Waals surface area contributed by atoms with Gasteiger partial charge in [0, 0.05) is 23.3 Å². The van der Waals surface area contributed by atoms with Crippen LogP contribution in [0.3, 0.4) is 0 Å². The number of hydrogen-bond donors (Lipinski definition) is 2. The molecule has 0 amide bonds. The van der Waals surface area contributed by atoms with Crippen LogP contribution in [0.2, 0.25) is 0 Å². The Balaban J connectivity index is 0.00000129. The van der Waals surface area contributed by atoms with Crippen LogP contribution >= 0.6 is 11.3 Å². The maximum Gasteiger partial charge on any atom is 0.0915 e. The van der Waals surface area contributed by atoms with Gasteiger partial charge in [-0.25, -0.2) is 0 Å². The van der Waals surface area contributed by atoms with E-state index in [-0.39, 0.29) is 0 Å². The SMILES string of the molecule is C=C(NCC(CC1=CC=C(C)CC1)N(C)C)NC(C)Cc1csc2ccccc12.CC.CC. The van der Waals surface area contributed by atoms with Crippen molar-refractivity contribution in [2.45, 2.75) is 79.3 Å². The first kappa shape index (κ1) is 29.0. The summed E-state index contributed by atoms with van der Waals surface area (Å²) in [6.45, 7) is 17.6. The van der Waals surface area contributed by atoms with E-state index in [9.17, 15) is 0 Å². The molecule has 0 radical (unpaired) electrons. The van der Waals surface area contributed by atoms with E-state index in [0.717, 1.165) is 25.2 Å². The average Bonchev–Trinajstić information content (AvgIpc) is 3.23. The summed E-state index contributed by atoms with van der Waals surface area (Å²) in [6, 6.07) is 9.44. The molecule has 33 heavy (non-hydrogen) atoms. The predicted molar refractivity (Wildman–Crippen MR) is 151 cm³/mol. The second-order valence-electron chi connectivity index (χ2n) is 8.53. The van der Waals surface area contributed by atoms with Crippen LogP contribution in [0.5, 0.6) is 0 Å². The Morgan fingerprint density at radius 3 is 2.39 bits per heavy atom. The first-order valence-corrected chi connectivity index (χ1v) is 13.5. The lowest BCUT2D eigenvalue weighted by atomic mass is 9.94. The van der Waals surface area contributed by atoms with Crippen molar-refractivity contribution in [1.82, 2.24) is 15.5 Å². The molecule has 0 bridgehead atoms. The van der Waals surface area contributed by atoms with E-state index in [1.165, 1.54) is 34.1 Å². The van der Waals surface area contributed by atoms with Gasteiger partial charge in [-0.1, -0.05) is 75.8 Å². The van der Waals surface area contributed by atoms with Gasteiger partial charge in [-0.15, -0.1) is 11.3 Å². The third-order valence-electron chi connectivity index (χ3n) is 5.73. The zero-order valence-corrected chi connectivity index (χ0v) is 23.1. The maximum absolute atomic E-state index is 4.21. The summed E-state index contributed by atoms with van der Waals surface area (Å²) in [5, 5.41) is 10.7. The second-order valence-corrected chi connectivity index (χ2v) is 9.44. The number of nitrogens with one attached hydrogen (secondary N) is 2. The fraction of sp³-hybridized carbons (Fsp3) is 0.517. The third-order valence-corrected chi connectivity index (χ3v) is 6.74. The molecular formula is C29H47N3S. The first-order chi connectivity index (χ1) is 15.9. The number of nitrogens with zero attached hydrogens (tertiary/aromatic N) is 1. The van der Waals surface area contributed by atoms with Gasteiger partial charge >= 0.3 is 0 Å². The first-order valence-electron chi connectivity index (χ1n) is 12.6. The van der Waals surface area contributed by atoms with Crippen molar-refractivity contribution >= 4 is 21.4 Å². The zero-order chi connectivity index (χ0) is 24.8. The van der Waals surface area contributed by atoms with Gasteiger partial charge in [-0.05, 0) is 76.0 Å². The minimum absolute atomic E-state index is 0.333. The molecule has 1 heterocycles. The Morgan fingerprint density at radius 2 is 1.76 bits per heavy atom. The van der Waals surface area contributed by atoms with E-state index < -0.39 is 0 Å². The molecule has 2 atom stereocenters. The highest BCUT2D eigenvalue weighted by Gasteiger charge is 2.16. The molecule has 0 spiro atoms. The quantitative estimate of drug-likeness (QED) is 0.377. The van der Waals surface area contributed by atoms with Gasteiger partial charge in [0.15, 0.2) is 0 Å². The standard InChI is InChI=1S/C25H35N3S.2C2H6/c1-18-10-12-21(13-11-18)15-23(28(4)5)16-26-20(3)27-19(2)14-22-17-29-25-9-7-6-8-24(22)25;2*1-2/h6-10,12,17,19,23,26-27H,3,11,13-16H2,1-2,4-5H3;2*1-2H3. The summed E-state index contributed by atoms with van der Waals surface area (Å²) < 4.78 is 1.36. The lowest BCUT2D eigenvalue weighted by Gasteiger charge is -2.28. The van der Waals surface area contributed by atoms with Crippen molar-refractivity contribution < 1.29 is 0 Å². The normalized spacial score (nSPS) is 14.7. The van der Waals surface area contributed by atoms with Crippen molar-refractivity contribution in [2.24, 2.45) is 0 Å². The lowest BCUT2D eigenvalue weighted by Crippen LogP contribution is -2.41. The molecule has 0 fully saturated rings. The van der Waals surface area contributed by atoms with Crippen molar-refractivity contribution in [1.29, 1.82) is 0 Å². The number of likely N-dealkylation sites (N-methyl/N-ethyl adjacent to an activating group) is 1.